The van der Waals surface area contributed by atoms with Gasteiger partial charge in [-0.2, -0.15) is 0 Å². The monoisotopic (exact) mass is 442 g/mol. The smallest absolute Gasteiger partial charge is 0.326 e. The van der Waals surface area contributed by atoms with Gasteiger partial charge in [0.15, 0.2) is 0 Å². The molecule has 1 N–H and O–H groups in total. The molecule has 2 amide bonds. The third kappa shape index (κ3) is 3.20. The number of imide groups is 1. The molecule has 31 heavy (non-hydrogen) atoms. The number of nitrogens with zero attached hydrogens (tertiary/aromatic N) is 1. The summed E-state index contributed by atoms with van der Waals surface area (Å²) in [5.74, 6) is -2.26. The van der Waals surface area contributed by atoms with E-state index >= 15 is 0 Å². The van der Waals surface area contributed by atoms with E-state index in [1.54, 1.807) is 20.1 Å². The maximum Gasteiger partial charge on any atom is 0.326 e. The van der Waals surface area contributed by atoms with Crippen molar-refractivity contribution < 1.29 is 23.9 Å². The quantitative estimate of drug-likeness (QED) is 0.579. The molecule has 0 saturated carbocycles. The average Bonchev–Trinajstić information content (AvgIpc) is 3.21. The first-order chi connectivity index (χ1) is 14.7. The molecule has 2 aromatic carbocycles. The van der Waals surface area contributed by atoms with E-state index in [0.29, 0.717) is 10.8 Å². The van der Waals surface area contributed by atoms with Gasteiger partial charge in [-0.15, -0.1) is 0 Å². The molecular weight excluding hydrogens is 420 g/mol. The zero-order chi connectivity index (χ0) is 22.5. The molecule has 2 saturated heterocycles. The Morgan fingerprint density at radius 2 is 1.87 bits per heavy atom. The number of ether oxygens (including phenoxy) is 2. The second-order valence-corrected chi connectivity index (χ2v) is 8.46. The van der Waals surface area contributed by atoms with Crippen LogP contribution in [0.25, 0.3) is 11.1 Å². The van der Waals surface area contributed by atoms with Crippen molar-refractivity contribution >= 4 is 29.4 Å². The van der Waals surface area contributed by atoms with Crippen molar-refractivity contribution in [2.45, 2.75) is 18.5 Å². The third-order valence-corrected chi connectivity index (χ3v) is 6.57. The SMILES string of the molecule is COC(=O)[C@]1(C)N[C@H](c2ccc(-c3cccc(Cl)c3)c(OC)c2)[C@@H]2C(=O)N(C)C(=O)[C@@H]21. The number of likely N-dealkylation sites (tertiary alicyclic amines) is 1. The number of carbonyl (C=O) groups excluding carboxylic acids is 3. The number of fused-ring (bicyclic) bond motifs is 1. The molecule has 4 rings (SSSR count). The van der Waals surface area contributed by atoms with Gasteiger partial charge in [-0.05, 0) is 36.2 Å². The van der Waals surface area contributed by atoms with E-state index in [4.69, 9.17) is 21.1 Å². The topological polar surface area (TPSA) is 84.9 Å². The molecule has 2 aliphatic rings. The zero-order valence-electron chi connectivity index (χ0n) is 17.6. The molecule has 0 bridgehead atoms. The molecule has 2 aliphatic heterocycles. The lowest BCUT2D eigenvalue weighted by molar-refractivity contribution is -0.152. The van der Waals surface area contributed by atoms with E-state index in [-0.39, 0.29) is 11.8 Å². The predicted molar refractivity (Wildman–Crippen MR) is 114 cm³/mol. The molecular formula is C23H23ClN2O5. The lowest BCUT2D eigenvalue weighted by Gasteiger charge is -2.28. The standard InChI is InChI=1S/C23H23ClN2O5/c1-23(22(29)31-4)18-17(20(27)26(2)21(18)28)19(25-23)13-8-9-15(16(11-13)30-3)12-6-5-7-14(24)10-12/h5-11,17-19,25H,1-4H3/t17-,18-,19-,23-/m1/s1. The van der Waals surface area contributed by atoms with Crippen molar-refractivity contribution in [3.63, 3.8) is 0 Å². The van der Waals surface area contributed by atoms with Crippen molar-refractivity contribution in [3.8, 4) is 16.9 Å². The molecule has 0 aliphatic carbocycles. The Bertz CT molecular complexity index is 1090. The number of rotatable bonds is 4. The number of benzene rings is 2. The highest BCUT2D eigenvalue weighted by Crippen LogP contribution is 2.49. The first kappa shape index (κ1) is 21.3. The second-order valence-electron chi connectivity index (χ2n) is 8.02. The minimum atomic E-state index is -1.32. The van der Waals surface area contributed by atoms with E-state index in [2.05, 4.69) is 5.32 Å². The van der Waals surface area contributed by atoms with Crippen molar-refractivity contribution in [3.05, 3.63) is 53.1 Å². The molecule has 0 unspecified atom stereocenters. The van der Waals surface area contributed by atoms with Gasteiger partial charge in [0, 0.05) is 23.7 Å². The number of carbonyl (C=O) groups is 3. The van der Waals surface area contributed by atoms with Gasteiger partial charge in [0.2, 0.25) is 11.8 Å². The fourth-order valence-corrected chi connectivity index (χ4v) is 4.96. The Balaban J connectivity index is 1.79. The lowest BCUT2D eigenvalue weighted by atomic mass is 9.80. The maximum absolute atomic E-state index is 12.9. The molecule has 2 heterocycles. The van der Waals surface area contributed by atoms with E-state index < -0.39 is 29.4 Å². The highest BCUT2D eigenvalue weighted by Gasteiger charge is 2.66. The van der Waals surface area contributed by atoms with Crippen LogP contribution in [0.3, 0.4) is 0 Å². The molecule has 8 heteroatoms. The summed E-state index contributed by atoms with van der Waals surface area (Å²) >= 11 is 6.14. The van der Waals surface area contributed by atoms with Crippen LogP contribution in [0, 0.1) is 11.8 Å². The van der Waals surface area contributed by atoms with Crippen LogP contribution in [0.2, 0.25) is 5.02 Å². The van der Waals surface area contributed by atoms with E-state index in [9.17, 15) is 14.4 Å². The number of halogens is 1. The van der Waals surface area contributed by atoms with Crippen LogP contribution >= 0.6 is 11.6 Å². The average molecular weight is 443 g/mol. The van der Waals surface area contributed by atoms with Crippen molar-refractivity contribution in [2.24, 2.45) is 11.8 Å². The molecule has 4 atom stereocenters. The highest BCUT2D eigenvalue weighted by molar-refractivity contribution is 6.30. The summed E-state index contributed by atoms with van der Waals surface area (Å²) in [6, 6.07) is 12.4. The minimum absolute atomic E-state index is 0.321. The first-order valence-corrected chi connectivity index (χ1v) is 10.2. The van der Waals surface area contributed by atoms with Crippen LogP contribution in [-0.4, -0.2) is 49.5 Å². The Morgan fingerprint density at radius 1 is 1.13 bits per heavy atom. The van der Waals surface area contributed by atoms with Gasteiger partial charge < -0.3 is 9.47 Å². The summed E-state index contributed by atoms with van der Waals surface area (Å²) in [6.45, 7) is 1.61. The Kier molecular flexibility index (Phi) is 5.27. The van der Waals surface area contributed by atoms with Crippen LogP contribution in [0.15, 0.2) is 42.5 Å². The van der Waals surface area contributed by atoms with Crippen molar-refractivity contribution in [1.82, 2.24) is 10.2 Å². The van der Waals surface area contributed by atoms with Crippen LogP contribution in [0.1, 0.15) is 18.5 Å². The van der Waals surface area contributed by atoms with E-state index in [1.807, 2.05) is 36.4 Å². The van der Waals surface area contributed by atoms with Crippen LogP contribution in [0.4, 0.5) is 0 Å². The van der Waals surface area contributed by atoms with E-state index in [0.717, 1.165) is 21.6 Å². The molecule has 2 fully saturated rings. The van der Waals surface area contributed by atoms with Gasteiger partial charge in [-0.1, -0.05) is 35.9 Å². The molecule has 2 aromatic rings. The number of methoxy groups -OCH3 is 2. The Hall–Kier alpha value is -2.90. The molecule has 0 spiro atoms. The van der Waals surface area contributed by atoms with Gasteiger partial charge in [-0.25, -0.2) is 0 Å². The summed E-state index contributed by atoms with van der Waals surface area (Å²) in [7, 11) is 4.28. The van der Waals surface area contributed by atoms with Crippen molar-refractivity contribution in [2.75, 3.05) is 21.3 Å². The summed E-state index contributed by atoms with van der Waals surface area (Å²) in [4.78, 5) is 39.5. The van der Waals surface area contributed by atoms with E-state index in [1.165, 1.54) is 14.2 Å². The summed E-state index contributed by atoms with van der Waals surface area (Å²) in [5.41, 5.74) is 1.14. The normalized spacial score (nSPS) is 27.4. The van der Waals surface area contributed by atoms with Crippen LogP contribution in [-0.2, 0) is 19.1 Å². The molecule has 0 aromatic heterocycles. The highest BCUT2D eigenvalue weighted by atomic mass is 35.5. The summed E-state index contributed by atoms with van der Waals surface area (Å²) in [5, 5.41) is 3.83. The number of esters is 1. The minimum Gasteiger partial charge on any atom is -0.496 e. The summed E-state index contributed by atoms with van der Waals surface area (Å²) in [6.07, 6.45) is 0. The van der Waals surface area contributed by atoms with Crippen molar-refractivity contribution in [1.29, 1.82) is 0 Å². The maximum atomic E-state index is 12.9. The molecule has 7 nitrogen and oxygen atoms in total. The number of hydrogen-bond donors (Lipinski definition) is 1. The number of hydrogen-bond acceptors (Lipinski definition) is 6. The zero-order valence-corrected chi connectivity index (χ0v) is 18.4. The number of nitrogens with one attached hydrogen (secondary N) is 1. The molecule has 0 radical (unpaired) electrons. The molecule has 162 valence electrons. The lowest BCUT2D eigenvalue weighted by Crippen LogP contribution is -2.53. The second kappa shape index (κ2) is 7.66. The number of amides is 2. The summed E-state index contributed by atoms with van der Waals surface area (Å²) < 4.78 is 10.6. The largest absolute Gasteiger partial charge is 0.496 e. The van der Waals surface area contributed by atoms with Crippen LogP contribution < -0.4 is 10.1 Å². The first-order valence-electron chi connectivity index (χ1n) is 9.84. The Morgan fingerprint density at radius 3 is 2.52 bits per heavy atom. The van der Waals surface area contributed by atoms with Gasteiger partial charge in [0.05, 0.1) is 26.1 Å². The van der Waals surface area contributed by atoms with Gasteiger partial charge in [-0.3, -0.25) is 24.6 Å². The third-order valence-electron chi connectivity index (χ3n) is 6.34. The van der Waals surface area contributed by atoms with Gasteiger partial charge in [0.1, 0.15) is 11.3 Å². The fourth-order valence-electron chi connectivity index (χ4n) is 4.77. The van der Waals surface area contributed by atoms with Gasteiger partial charge >= 0.3 is 5.97 Å². The van der Waals surface area contributed by atoms with Gasteiger partial charge in [0.25, 0.3) is 0 Å². The fraction of sp³-hybridized carbons (Fsp3) is 0.348. The Labute approximate surface area is 185 Å². The predicted octanol–water partition coefficient (Wildman–Crippen LogP) is 2.82. The van der Waals surface area contributed by atoms with Crippen LogP contribution in [0.5, 0.6) is 5.75 Å².